The Morgan fingerprint density at radius 2 is 2.22 bits per heavy atom. The van der Waals surface area contributed by atoms with Gasteiger partial charge >= 0.3 is 0 Å². The summed E-state index contributed by atoms with van der Waals surface area (Å²) in [4.78, 5) is 16.2. The van der Waals surface area contributed by atoms with Gasteiger partial charge in [0.25, 0.3) is 5.91 Å². The molecule has 4 nitrogen and oxygen atoms in total. The molecule has 1 amide bonds. The largest absolute Gasteiger partial charge is 0.394 e. The van der Waals surface area contributed by atoms with E-state index < -0.39 is 0 Å². The van der Waals surface area contributed by atoms with Crippen LogP contribution in [0.15, 0.2) is 36.5 Å². The predicted octanol–water partition coefficient (Wildman–Crippen LogP) is 1.74. The number of pyridine rings is 1. The van der Waals surface area contributed by atoms with Crippen molar-refractivity contribution >= 4 is 16.8 Å². The van der Waals surface area contributed by atoms with Crippen LogP contribution in [0.4, 0.5) is 0 Å². The van der Waals surface area contributed by atoms with Gasteiger partial charge in [-0.1, -0.05) is 25.1 Å². The molecule has 2 rings (SSSR count). The molecule has 0 saturated heterocycles. The minimum absolute atomic E-state index is 0.0523. The molecule has 0 bridgehead atoms. The first-order chi connectivity index (χ1) is 8.74. The van der Waals surface area contributed by atoms with E-state index in [2.05, 4.69) is 10.3 Å². The third-order valence-electron chi connectivity index (χ3n) is 2.90. The highest BCUT2D eigenvalue weighted by atomic mass is 16.3. The molecule has 1 heterocycles. The molecule has 0 radical (unpaired) electrons. The van der Waals surface area contributed by atoms with Crippen LogP contribution in [-0.2, 0) is 0 Å². The number of hydrogen-bond acceptors (Lipinski definition) is 3. The molecule has 1 unspecified atom stereocenters. The molecule has 1 aromatic carbocycles. The van der Waals surface area contributed by atoms with E-state index in [0.29, 0.717) is 12.0 Å². The van der Waals surface area contributed by atoms with Crippen LogP contribution < -0.4 is 5.32 Å². The molecule has 0 aliphatic carbocycles. The lowest BCUT2D eigenvalue weighted by Gasteiger charge is -2.13. The van der Waals surface area contributed by atoms with Crippen LogP contribution in [0.5, 0.6) is 0 Å². The first kappa shape index (κ1) is 12.5. The molecule has 94 valence electrons. The third kappa shape index (κ3) is 2.65. The topological polar surface area (TPSA) is 62.2 Å². The first-order valence-corrected chi connectivity index (χ1v) is 6.01. The second-order valence-electron chi connectivity index (χ2n) is 4.18. The number of rotatable bonds is 4. The van der Waals surface area contributed by atoms with Gasteiger partial charge in [0, 0.05) is 11.6 Å². The Kier molecular flexibility index (Phi) is 3.89. The number of carbonyl (C=O) groups excluding carboxylic acids is 1. The number of carbonyl (C=O) groups is 1. The van der Waals surface area contributed by atoms with Gasteiger partial charge in [-0.15, -0.1) is 0 Å². The van der Waals surface area contributed by atoms with Crippen LogP contribution in [-0.4, -0.2) is 28.6 Å². The van der Waals surface area contributed by atoms with Crippen molar-refractivity contribution in [1.29, 1.82) is 0 Å². The molecule has 18 heavy (non-hydrogen) atoms. The van der Waals surface area contributed by atoms with Crippen LogP contribution in [0.3, 0.4) is 0 Å². The number of aromatic nitrogens is 1. The summed E-state index contributed by atoms with van der Waals surface area (Å²) in [7, 11) is 0. The summed E-state index contributed by atoms with van der Waals surface area (Å²) < 4.78 is 0. The minimum Gasteiger partial charge on any atom is -0.394 e. The van der Waals surface area contributed by atoms with Crippen LogP contribution in [0.1, 0.15) is 23.7 Å². The van der Waals surface area contributed by atoms with Crippen molar-refractivity contribution in [1.82, 2.24) is 10.3 Å². The fourth-order valence-electron chi connectivity index (χ4n) is 1.74. The quantitative estimate of drug-likeness (QED) is 0.861. The van der Waals surface area contributed by atoms with Gasteiger partial charge < -0.3 is 10.4 Å². The van der Waals surface area contributed by atoms with Crippen molar-refractivity contribution in [3.05, 3.63) is 42.1 Å². The highest BCUT2D eigenvalue weighted by Crippen LogP contribution is 2.12. The SMILES string of the molecule is CCC(CO)NC(=O)c1cnc2ccccc2c1. The van der Waals surface area contributed by atoms with E-state index in [-0.39, 0.29) is 18.6 Å². The summed E-state index contributed by atoms with van der Waals surface area (Å²) >= 11 is 0. The number of benzene rings is 1. The van der Waals surface area contributed by atoms with Gasteiger partial charge in [0.1, 0.15) is 0 Å². The van der Waals surface area contributed by atoms with Crippen molar-refractivity contribution in [3.8, 4) is 0 Å². The van der Waals surface area contributed by atoms with Gasteiger partial charge in [0.15, 0.2) is 0 Å². The molecule has 2 N–H and O–H groups in total. The van der Waals surface area contributed by atoms with Crippen molar-refractivity contribution in [2.24, 2.45) is 0 Å². The smallest absolute Gasteiger partial charge is 0.253 e. The zero-order valence-electron chi connectivity index (χ0n) is 10.3. The summed E-state index contributed by atoms with van der Waals surface area (Å²) in [6.07, 6.45) is 2.25. The molecule has 0 aliphatic rings. The Labute approximate surface area is 106 Å². The lowest BCUT2D eigenvalue weighted by Crippen LogP contribution is -2.36. The van der Waals surface area contributed by atoms with Crippen molar-refractivity contribution in [3.63, 3.8) is 0 Å². The highest BCUT2D eigenvalue weighted by molar-refractivity contribution is 5.97. The Bertz CT molecular complexity index is 550. The van der Waals surface area contributed by atoms with Crippen molar-refractivity contribution in [2.75, 3.05) is 6.61 Å². The fourth-order valence-corrected chi connectivity index (χ4v) is 1.74. The highest BCUT2D eigenvalue weighted by Gasteiger charge is 2.11. The van der Waals surface area contributed by atoms with E-state index in [0.717, 1.165) is 10.9 Å². The monoisotopic (exact) mass is 244 g/mol. The molecule has 0 saturated carbocycles. The van der Waals surface area contributed by atoms with Gasteiger partial charge in [-0.2, -0.15) is 0 Å². The molecule has 0 spiro atoms. The normalized spacial score (nSPS) is 12.3. The van der Waals surface area contributed by atoms with E-state index in [4.69, 9.17) is 5.11 Å². The average molecular weight is 244 g/mol. The number of nitrogens with one attached hydrogen (secondary N) is 1. The zero-order chi connectivity index (χ0) is 13.0. The van der Waals surface area contributed by atoms with Crippen LogP contribution in [0.25, 0.3) is 10.9 Å². The van der Waals surface area contributed by atoms with Crippen molar-refractivity contribution < 1.29 is 9.90 Å². The molecule has 0 fully saturated rings. The number of hydrogen-bond donors (Lipinski definition) is 2. The molecule has 2 aromatic rings. The molecular weight excluding hydrogens is 228 g/mol. The number of para-hydroxylation sites is 1. The van der Waals surface area contributed by atoms with E-state index in [9.17, 15) is 4.79 Å². The third-order valence-corrected chi connectivity index (χ3v) is 2.90. The lowest BCUT2D eigenvalue weighted by atomic mass is 10.1. The molecular formula is C14H16N2O2. The fraction of sp³-hybridized carbons (Fsp3) is 0.286. The van der Waals surface area contributed by atoms with Crippen LogP contribution in [0, 0.1) is 0 Å². The summed E-state index contributed by atoms with van der Waals surface area (Å²) in [6, 6.07) is 9.25. The summed E-state index contributed by atoms with van der Waals surface area (Å²) in [5.74, 6) is -0.200. The van der Waals surface area contributed by atoms with E-state index >= 15 is 0 Å². The number of aliphatic hydroxyl groups excluding tert-OH is 1. The second-order valence-corrected chi connectivity index (χ2v) is 4.18. The average Bonchev–Trinajstić information content (AvgIpc) is 2.44. The summed E-state index contributed by atoms with van der Waals surface area (Å²) in [5.41, 5.74) is 1.38. The number of nitrogens with zero attached hydrogens (tertiary/aromatic N) is 1. The molecule has 4 heteroatoms. The van der Waals surface area contributed by atoms with Crippen LogP contribution >= 0.6 is 0 Å². The van der Waals surface area contributed by atoms with E-state index in [1.165, 1.54) is 0 Å². The lowest BCUT2D eigenvalue weighted by molar-refractivity contribution is 0.0915. The summed E-state index contributed by atoms with van der Waals surface area (Å²) in [5, 5.41) is 12.8. The van der Waals surface area contributed by atoms with E-state index in [1.807, 2.05) is 37.3 Å². The van der Waals surface area contributed by atoms with Gasteiger partial charge in [0.2, 0.25) is 0 Å². The first-order valence-electron chi connectivity index (χ1n) is 6.01. The van der Waals surface area contributed by atoms with Gasteiger partial charge in [-0.3, -0.25) is 9.78 Å². The number of fused-ring (bicyclic) bond motifs is 1. The molecule has 1 atom stereocenters. The van der Waals surface area contributed by atoms with Gasteiger partial charge in [0.05, 0.1) is 23.7 Å². The van der Waals surface area contributed by atoms with Crippen molar-refractivity contribution in [2.45, 2.75) is 19.4 Å². The Morgan fingerprint density at radius 3 is 2.94 bits per heavy atom. The van der Waals surface area contributed by atoms with Gasteiger partial charge in [-0.05, 0) is 18.6 Å². The number of aliphatic hydroxyl groups is 1. The van der Waals surface area contributed by atoms with Crippen LogP contribution in [0.2, 0.25) is 0 Å². The minimum atomic E-state index is -0.205. The number of amides is 1. The Balaban J connectivity index is 2.22. The maximum absolute atomic E-state index is 12.0. The zero-order valence-corrected chi connectivity index (χ0v) is 10.3. The molecule has 0 aliphatic heterocycles. The predicted molar refractivity (Wildman–Crippen MR) is 70.4 cm³/mol. The molecule has 1 aromatic heterocycles. The summed E-state index contributed by atoms with van der Waals surface area (Å²) in [6.45, 7) is 1.86. The Morgan fingerprint density at radius 1 is 1.44 bits per heavy atom. The van der Waals surface area contributed by atoms with E-state index in [1.54, 1.807) is 6.20 Å². The Hall–Kier alpha value is -1.94. The maximum atomic E-state index is 12.0. The second kappa shape index (κ2) is 5.60. The van der Waals surface area contributed by atoms with Gasteiger partial charge in [-0.25, -0.2) is 0 Å². The standard InChI is InChI=1S/C14H16N2O2/c1-2-12(9-17)16-14(18)11-7-10-5-3-4-6-13(10)15-8-11/h3-8,12,17H,2,9H2,1H3,(H,16,18). The maximum Gasteiger partial charge on any atom is 0.253 e.